The fourth-order valence-corrected chi connectivity index (χ4v) is 2.98. The Bertz CT molecular complexity index is 467. The zero-order valence-electron chi connectivity index (χ0n) is 13.1. The van der Waals surface area contributed by atoms with E-state index in [0.717, 1.165) is 38.7 Å². The maximum absolute atomic E-state index is 14.0. The van der Waals surface area contributed by atoms with Crippen molar-refractivity contribution in [2.75, 3.05) is 40.3 Å². The number of nitrogens with zero attached hydrogens (tertiary/aromatic N) is 2. The summed E-state index contributed by atoms with van der Waals surface area (Å²) in [6.07, 6.45) is 0.817. The molecule has 1 aliphatic heterocycles. The van der Waals surface area contributed by atoms with Crippen molar-refractivity contribution in [2.45, 2.75) is 25.4 Å². The van der Waals surface area contributed by atoms with Crippen LogP contribution in [0.2, 0.25) is 0 Å². The Balaban J connectivity index is 2.14. The van der Waals surface area contributed by atoms with E-state index in [2.05, 4.69) is 29.2 Å². The van der Waals surface area contributed by atoms with E-state index in [-0.39, 0.29) is 6.04 Å². The van der Waals surface area contributed by atoms with Crippen LogP contribution in [0.1, 0.15) is 24.9 Å². The molecule has 1 fully saturated rings. The van der Waals surface area contributed by atoms with Crippen LogP contribution in [0.25, 0.3) is 0 Å². The number of halogens is 2. The van der Waals surface area contributed by atoms with Crippen molar-refractivity contribution in [1.29, 1.82) is 0 Å². The number of benzene rings is 1. The molecule has 5 heteroatoms. The third-order valence-electron chi connectivity index (χ3n) is 4.28. The van der Waals surface area contributed by atoms with Gasteiger partial charge >= 0.3 is 0 Å². The molecule has 0 aromatic heterocycles. The second-order valence-electron chi connectivity index (χ2n) is 5.91. The van der Waals surface area contributed by atoms with Crippen molar-refractivity contribution in [1.82, 2.24) is 15.1 Å². The first-order chi connectivity index (χ1) is 10.0. The molecule has 118 valence electrons. The van der Waals surface area contributed by atoms with Gasteiger partial charge in [-0.15, -0.1) is 0 Å². The van der Waals surface area contributed by atoms with Gasteiger partial charge in [-0.1, -0.05) is 13.0 Å². The van der Waals surface area contributed by atoms with Crippen LogP contribution in [0, 0.1) is 11.6 Å². The van der Waals surface area contributed by atoms with Crippen LogP contribution in [0.15, 0.2) is 18.2 Å². The Hall–Kier alpha value is -1.04. The molecule has 0 bridgehead atoms. The molecule has 0 amide bonds. The van der Waals surface area contributed by atoms with Gasteiger partial charge in [0.05, 0.1) is 0 Å². The number of hydrogen-bond donors (Lipinski definition) is 1. The molecular formula is C16H25F2N3. The van der Waals surface area contributed by atoms with Gasteiger partial charge in [0.15, 0.2) is 0 Å². The van der Waals surface area contributed by atoms with Gasteiger partial charge in [0.1, 0.15) is 11.6 Å². The summed E-state index contributed by atoms with van der Waals surface area (Å²) in [6, 6.07) is 4.15. The van der Waals surface area contributed by atoms with Gasteiger partial charge in [-0.25, -0.2) is 8.78 Å². The van der Waals surface area contributed by atoms with E-state index in [1.54, 1.807) is 6.07 Å². The SMILES string of the molecule is CCNC(CC1CN(C)CCN1C)c1ccc(F)cc1F. The Kier molecular flexibility index (Phi) is 5.67. The lowest BCUT2D eigenvalue weighted by Gasteiger charge is -2.39. The molecule has 0 aliphatic carbocycles. The molecule has 1 aromatic rings. The minimum absolute atomic E-state index is 0.0884. The minimum Gasteiger partial charge on any atom is -0.310 e. The molecule has 1 heterocycles. The molecule has 0 spiro atoms. The zero-order chi connectivity index (χ0) is 15.4. The lowest BCUT2D eigenvalue weighted by Crippen LogP contribution is -2.51. The number of nitrogens with one attached hydrogen (secondary N) is 1. The van der Waals surface area contributed by atoms with Crippen molar-refractivity contribution in [3.8, 4) is 0 Å². The van der Waals surface area contributed by atoms with Crippen molar-refractivity contribution in [2.24, 2.45) is 0 Å². The van der Waals surface area contributed by atoms with Crippen molar-refractivity contribution in [3.63, 3.8) is 0 Å². The molecule has 2 rings (SSSR count). The third kappa shape index (κ3) is 4.22. The van der Waals surface area contributed by atoms with Gasteiger partial charge in [-0.2, -0.15) is 0 Å². The van der Waals surface area contributed by atoms with E-state index in [0.29, 0.717) is 11.6 Å². The smallest absolute Gasteiger partial charge is 0.130 e. The molecule has 2 atom stereocenters. The average molecular weight is 297 g/mol. The first-order valence-corrected chi connectivity index (χ1v) is 7.58. The largest absolute Gasteiger partial charge is 0.310 e. The second kappa shape index (κ2) is 7.29. The van der Waals surface area contributed by atoms with Gasteiger partial charge in [0.2, 0.25) is 0 Å². The molecule has 1 aliphatic rings. The van der Waals surface area contributed by atoms with Crippen molar-refractivity contribution < 1.29 is 8.78 Å². The summed E-state index contributed by atoms with van der Waals surface area (Å²) in [4.78, 5) is 4.63. The summed E-state index contributed by atoms with van der Waals surface area (Å²) in [7, 11) is 4.22. The number of piperazine rings is 1. The van der Waals surface area contributed by atoms with Crippen LogP contribution in [0.3, 0.4) is 0 Å². The van der Waals surface area contributed by atoms with E-state index >= 15 is 0 Å². The second-order valence-corrected chi connectivity index (χ2v) is 5.91. The Morgan fingerprint density at radius 2 is 2.05 bits per heavy atom. The van der Waals surface area contributed by atoms with Gasteiger partial charge < -0.3 is 15.1 Å². The van der Waals surface area contributed by atoms with Gasteiger partial charge in [0.25, 0.3) is 0 Å². The van der Waals surface area contributed by atoms with Crippen LogP contribution < -0.4 is 5.32 Å². The molecule has 1 N–H and O–H groups in total. The van der Waals surface area contributed by atoms with E-state index in [4.69, 9.17) is 0 Å². The van der Waals surface area contributed by atoms with Crippen LogP contribution in [0.5, 0.6) is 0 Å². The van der Waals surface area contributed by atoms with E-state index in [1.807, 2.05) is 6.92 Å². The first-order valence-electron chi connectivity index (χ1n) is 7.58. The van der Waals surface area contributed by atoms with Gasteiger partial charge in [-0.3, -0.25) is 0 Å². The highest BCUT2D eigenvalue weighted by molar-refractivity contribution is 5.22. The molecule has 1 saturated heterocycles. The Morgan fingerprint density at radius 1 is 1.29 bits per heavy atom. The molecule has 21 heavy (non-hydrogen) atoms. The highest BCUT2D eigenvalue weighted by atomic mass is 19.1. The van der Waals surface area contributed by atoms with Crippen molar-refractivity contribution >= 4 is 0 Å². The third-order valence-corrected chi connectivity index (χ3v) is 4.28. The van der Waals surface area contributed by atoms with E-state index < -0.39 is 11.6 Å². The summed E-state index contributed by atoms with van der Waals surface area (Å²) in [5.41, 5.74) is 0.555. The summed E-state index contributed by atoms with van der Waals surface area (Å²) < 4.78 is 27.1. The monoisotopic (exact) mass is 297 g/mol. The molecule has 0 saturated carbocycles. The lowest BCUT2D eigenvalue weighted by atomic mass is 9.96. The predicted octanol–water partition coefficient (Wildman–Crippen LogP) is 2.25. The number of likely N-dealkylation sites (N-methyl/N-ethyl adjacent to an activating group) is 2. The normalized spacial score (nSPS) is 22.4. The fraction of sp³-hybridized carbons (Fsp3) is 0.625. The van der Waals surface area contributed by atoms with Gasteiger partial charge in [-0.05, 0) is 33.1 Å². The highest BCUT2D eigenvalue weighted by Crippen LogP contribution is 2.25. The van der Waals surface area contributed by atoms with Crippen LogP contribution in [0.4, 0.5) is 8.78 Å². The summed E-state index contributed by atoms with van der Waals surface area (Å²) in [5, 5.41) is 3.33. The fourth-order valence-electron chi connectivity index (χ4n) is 2.98. The van der Waals surface area contributed by atoms with Crippen LogP contribution >= 0.6 is 0 Å². The molecule has 0 radical (unpaired) electrons. The number of rotatable bonds is 5. The summed E-state index contributed by atoms with van der Waals surface area (Å²) in [5.74, 6) is -0.992. The molecule has 3 nitrogen and oxygen atoms in total. The quantitative estimate of drug-likeness (QED) is 0.899. The van der Waals surface area contributed by atoms with Crippen LogP contribution in [-0.2, 0) is 0 Å². The maximum atomic E-state index is 14.0. The average Bonchev–Trinajstić information content (AvgIpc) is 2.42. The predicted molar refractivity (Wildman–Crippen MR) is 81.3 cm³/mol. The number of hydrogen-bond acceptors (Lipinski definition) is 3. The van der Waals surface area contributed by atoms with E-state index in [9.17, 15) is 8.78 Å². The molecular weight excluding hydrogens is 272 g/mol. The Morgan fingerprint density at radius 3 is 2.71 bits per heavy atom. The van der Waals surface area contributed by atoms with Crippen molar-refractivity contribution in [3.05, 3.63) is 35.4 Å². The standard InChI is InChI=1S/C16H25F2N3/c1-4-19-16(14-6-5-12(17)9-15(14)18)10-13-11-20(2)7-8-21(13)3/h5-6,9,13,16,19H,4,7-8,10-11H2,1-3H3. The first kappa shape index (κ1) is 16.3. The lowest BCUT2D eigenvalue weighted by molar-refractivity contribution is 0.101. The molecule has 1 aromatic carbocycles. The maximum Gasteiger partial charge on any atom is 0.130 e. The van der Waals surface area contributed by atoms with Crippen LogP contribution in [-0.4, -0.2) is 56.1 Å². The highest BCUT2D eigenvalue weighted by Gasteiger charge is 2.26. The molecule has 2 unspecified atom stereocenters. The summed E-state index contributed by atoms with van der Waals surface area (Å²) >= 11 is 0. The Labute approximate surface area is 125 Å². The minimum atomic E-state index is -0.527. The van der Waals surface area contributed by atoms with Gasteiger partial charge in [0, 0.05) is 43.3 Å². The summed E-state index contributed by atoms with van der Waals surface area (Å²) in [6.45, 7) is 5.82. The topological polar surface area (TPSA) is 18.5 Å². The zero-order valence-corrected chi connectivity index (χ0v) is 13.1. The van der Waals surface area contributed by atoms with E-state index in [1.165, 1.54) is 6.07 Å².